The number of ether oxygens (including phenoxy) is 1. The molecule has 0 amide bonds. The third-order valence-corrected chi connectivity index (χ3v) is 4.79. The van der Waals surface area contributed by atoms with Gasteiger partial charge in [0.05, 0.1) is 11.7 Å². The van der Waals surface area contributed by atoms with Gasteiger partial charge in [0.25, 0.3) is 0 Å². The summed E-state index contributed by atoms with van der Waals surface area (Å²) in [7, 11) is 4.38. The molecule has 0 saturated heterocycles. The van der Waals surface area contributed by atoms with Crippen LogP contribution in [0.1, 0.15) is 49.8 Å². The van der Waals surface area contributed by atoms with Crippen molar-refractivity contribution in [1.29, 1.82) is 0 Å². The molecule has 1 aromatic rings. The number of halogens is 1. The van der Waals surface area contributed by atoms with Gasteiger partial charge in [0.15, 0.2) is 0 Å². The molecule has 1 atom stereocenters. The van der Waals surface area contributed by atoms with Gasteiger partial charge in [0.1, 0.15) is 0 Å². The van der Waals surface area contributed by atoms with Crippen LogP contribution >= 0.6 is 12.4 Å². The van der Waals surface area contributed by atoms with Gasteiger partial charge in [-0.2, -0.15) is 0 Å². The fraction of sp³-hybridized carbons (Fsp3) is 0.625. The van der Waals surface area contributed by atoms with Gasteiger partial charge in [-0.1, -0.05) is 24.3 Å². The minimum atomic E-state index is 0. The molecule has 0 radical (unpaired) electrons. The zero-order valence-corrected chi connectivity index (χ0v) is 12.9. The highest BCUT2D eigenvalue weighted by atomic mass is 35.5. The first-order chi connectivity index (χ1) is 8.62. The number of hydrogen-bond acceptors (Lipinski definition) is 2. The number of nitrogens with zero attached hydrogens (tertiary/aromatic N) is 1. The zero-order chi connectivity index (χ0) is 12.8. The predicted octanol–water partition coefficient (Wildman–Crippen LogP) is 3.90. The first-order valence-electron chi connectivity index (χ1n) is 7.06. The summed E-state index contributed by atoms with van der Waals surface area (Å²) in [5, 5.41) is 0. The van der Waals surface area contributed by atoms with Crippen molar-refractivity contribution >= 4 is 12.4 Å². The second-order valence-corrected chi connectivity index (χ2v) is 6.04. The second-order valence-electron chi connectivity index (χ2n) is 6.04. The van der Waals surface area contributed by atoms with Gasteiger partial charge in [-0.3, -0.25) is 0 Å². The van der Waals surface area contributed by atoms with Crippen molar-refractivity contribution in [2.45, 2.75) is 50.4 Å². The fourth-order valence-corrected chi connectivity index (χ4v) is 3.70. The lowest BCUT2D eigenvalue weighted by molar-refractivity contribution is -0.100. The lowest BCUT2D eigenvalue weighted by Crippen LogP contribution is -2.39. The Kier molecular flexibility index (Phi) is 4.24. The second kappa shape index (κ2) is 5.43. The summed E-state index contributed by atoms with van der Waals surface area (Å²) in [6.45, 7) is 2.19. The molecule has 1 heterocycles. The SMILES string of the molecule is C[C@H]1OC2(CCC(N(C)C)CC2)c2ccccc21.Cl. The predicted molar refractivity (Wildman–Crippen MR) is 80.8 cm³/mol. The van der Waals surface area contributed by atoms with Crippen LogP contribution in [0, 0.1) is 0 Å². The maximum absolute atomic E-state index is 6.37. The lowest BCUT2D eigenvalue weighted by Gasteiger charge is -2.39. The molecule has 0 aromatic heterocycles. The zero-order valence-electron chi connectivity index (χ0n) is 12.1. The molecule has 1 spiro atoms. The van der Waals surface area contributed by atoms with E-state index in [4.69, 9.17) is 4.74 Å². The summed E-state index contributed by atoms with van der Waals surface area (Å²) in [6, 6.07) is 9.51. The van der Waals surface area contributed by atoms with Crippen LogP contribution in [-0.2, 0) is 10.3 Å². The van der Waals surface area contributed by atoms with E-state index in [1.807, 2.05) is 0 Å². The van der Waals surface area contributed by atoms with Gasteiger partial charge in [0.2, 0.25) is 0 Å². The quantitative estimate of drug-likeness (QED) is 0.774. The van der Waals surface area contributed by atoms with Gasteiger partial charge < -0.3 is 9.64 Å². The number of fused-ring (bicyclic) bond motifs is 2. The summed E-state index contributed by atoms with van der Waals surface area (Å²) < 4.78 is 6.37. The van der Waals surface area contributed by atoms with Gasteiger partial charge in [-0.05, 0) is 57.8 Å². The molecule has 2 nitrogen and oxygen atoms in total. The summed E-state index contributed by atoms with van der Waals surface area (Å²) in [6.07, 6.45) is 5.08. The average Bonchev–Trinajstić information content (AvgIpc) is 2.64. The maximum Gasteiger partial charge on any atom is 0.0944 e. The van der Waals surface area contributed by atoms with Crippen molar-refractivity contribution in [3.8, 4) is 0 Å². The van der Waals surface area contributed by atoms with Crippen LogP contribution in [0.2, 0.25) is 0 Å². The van der Waals surface area contributed by atoms with Crippen molar-refractivity contribution in [3.05, 3.63) is 35.4 Å². The van der Waals surface area contributed by atoms with Gasteiger partial charge in [-0.25, -0.2) is 0 Å². The van der Waals surface area contributed by atoms with E-state index in [9.17, 15) is 0 Å². The molecule has 3 heteroatoms. The van der Waals surface area contributed by atoms with Crippen LogP contribution in [-0.4, -0.2) is 25.0 Å². The fourth-order valence-electron chi connectivity index (χ4n) is 3.70. The van der Waals surface area contributed by atoms with E-state index in [-0.39, 0.29) is 24.1 Å². The Bertz CT molecular complexity index is 438. The van der Waals surface area contributed by atoms with Gasteiger partial charge in [-0.15, -0.1) is 12.4 Å². The minimum absolute atomic E-state index is 0. The van der Waals surface area contributed by atoms with Crippen LogP contribution in [0.3, 0.4) is 0 Å². The molecule has 1 aromatic carbocycles. The Labute approximate surface area is 122 Å². The third-order valence-electron chi connectivity index (χ3n) is 4.79. The normalized spacial score (nSPS) is 33.3. The van der Waals surface area contributed by atoms with Gasteiger partial charge in [0, 0.05) is 6.04 Å². The van der Waals surface area contributed by atoms with E-state index in [1.165, 1.54) is 24.0 Å². The van der Waals surface area contributed by atoms with Gasteiger partial charge >= 0.3 is 0 Å². The summed E-state index contributed by atoms with van der Waals surface area (Å²) >= 11 is 0. The summed E-state index contributed by atoms with van der Waals surface area (Å²) in [5.41, 5.74) is 2.87. The van der Waals surface area contributed by atoms with E-state index < -0.39 is 0 Å². The first kappa shape index (κ1) is 14.8. The number of benzene rings is 1. The monoisotopic (exact) mass is 281 g/mol. The van der Waals surface area contributed by atoms with E-state index in [1.54, 1.807) is 0 Å². The molecule has 1 fully saturated rings. The Hall–Kier alpha value is -0.570. The molecule has 1 saturated carbocycles. The standard InChI is InChI=1S/C16H23NO.ClH/c1-12-14-6-4-5-7-15(14)16(18-12)10-8-13(9-11-16)17(2)3;/h4-7,12-13H,8-11H2,1-3H3;1H/t12-,13?,16?;/m1./s1. The topological polar surface area (TPSA) is 12.5 Å². The molecular weight excluding hydrogens is 258 g/mol. The van der Waals surface area contributed by atoms with Crippen molar-refractivity contribution in [1.82, 2.24) is 4.90 Å². The van der Waals surface area contributed by atoms with Crippen LogP contribution in [0.25, 0.3) is 0 Å². The Balaban J connectivity index is 0.00000133. The van der Waals surface area contributed by atoms with Crippen LogP contribution in [0.15, 0.2) is 24.3 Å². The third kappa shape index (κ3) is 2.42. The minimum Gasteiger partial charge on any atom is -0.363 e. The Morgan fingerprint density at radius 3 is 2.42 bits per heavy atom. The molecule has 2 aliphatic rings. The lowest BCUT2D eigenvalue weighted by atomic mass is 9.77. The van der Waals surface area contributed by atoms with E-state index in [0.29, 0.717) is 0 Å². The molecule has 0 bridgehead atoms. The van der Waals surface area contributed by atoms with E-state index in [0.717, 1.165) is 18.9 Å². The van der Waals surface area contributed by atoms with Crippen molar-refractivity contribution in [3.63, 3.8) is 0 Å². The first-order valence-corrected chi connectivity index (χ1v) is 7.06. The largest absolute Gasteiger partial charge is 0.363 e. The highest BCUT2D eigenvalue weighted by Gasteiger charge is 2.45. The smallest absolute Gasteiger partial charge is 0.0944 e. The van der Waals surface area contributed by atoms with E-state index in [2.05, 4.69) is 50.2 Å². The van der Waals surface area contributed by atoms with E-state index >= 15 is 0 Å². The molecule has 1 aliphatic carbocycles. The Morgan fingerprint density at radius 1 is 1.16 bits per heavy atom. The van der Waals surface area contributed by atoms with Crippen molar-refractivity contribution in [2.75, 3.05) is 14.1 Å². The highest BCUT2D eigenvalue weighted by molar-refractivity contribution is 5.85. The van der Waals surface area contributed by atoms with Crippen molar-refractivity contribution < 1.29 is 4.74 Å². The maximum atomic E-state index is 6.37. The molecule has 19 heavy (non-hydrogen) atoms. The molecule has 0 unspecified atom stereocenters. The van der Waals surface area contributed by atoms with Crippen molar-refractivity contribution in [2.24, 2.45) is 0 Å². The van der Waals surface area contributed by atoms with Crippen LogP contribution in [0.5, 0.6) is 0 Å². The molecule has 106 valence electrons. The van der Waals surface area contributed by atoms with Crippen LogP contribution in [0.4, 0.5) is 0 Å². The molecular formula is C16H24ClNO. The molecule has 3 rings (SSSR count). The molecule has 0 N–H and O–H groups in total. The van der Waals surface area contributed by atoms with Crippen LogP contribution < -0.4 is 0 Å². The Morgan fingerprint density at radius 2 is 1.79 bits per heavy atom. The highest BCUT2D eigenvalue weighted by Crippen LogP contribution is 2.51. The average molecular weight is 282 g/mol. The number of hydrogen-bond donors (Lipinski definition) is 0. The summed E-state index contributed by atoms with van der Waals surface area (Å²) in [5.74, 6) is 0. The number of rotatable bonds is 1. The summed E-state index contributed by atoms with van der Waals surface area (Å²) in [4.78, 5) is 2.36. The molecule has 1 aliphatic heterocycles.